The molecule has 0 aliphatic rings. The number of rotatable bonds is 2. The van der Waals surface area contributed by atoms with E-state index in [-0.39, 0.29) is 11.1 Å². The lowest BCUT2D eigenvalue weighted by molar-refractivity contribution is 0.0601. The largest absolute Gasteiger partial charge is 0.465 e. The third-order valence-electron chi connectivity index (χ3n) is 2.44. The van der Waals surface area contributed by atoms with Crippen molar-refractivity contribution >= 4 is 17.6 Å². The molecule has 0 spiro atoms. The zero-order valence-electron chi connectivity index (χ0n) is 9.48. The first kappa shape index (κ1) is 12.5. The number of hydrogen-bond acceptors (Lipinski definition) is 3. The van der Waals surface area contributed by atoms with Gasteiger partial charge in [0.05, 0.1) is 12.7 Å². The molecule has 92 valence electrons. The molecule has 0 bridgehead atoms. The van der Waals surface area contributed by atoms with Crippen molar-refractivity contribution in [2.75, 3.05) is 7.11 Å². The molecule has 1 aromatic heterocycles. The number of carbonyl (C=O) groups is 1. The summed E-state index contributed by atoms with van der Waals surface area (Å²) in [7, 11) is 1.26. The lowest BCUT2D eigenvalue weighted by atomic mass is 10.0. The Labute approximate surface area is 108 Å². The molecule has 0 aliphatic carbocycles. The molecule has 1 aromatic carbocycles. The van der Waals surface area contributed by atoms with Gasteiger partial charge in [0.25, 0.3) is 0 Å². The van der Waals surface area contributed by atoms with Gasteiger partial charge in [-0.15, -0.1) is 0 Å². The van der Waals surface area contributed by atoms with E-state index in [2.05, 4.69) is 9.72 Å². The Hall–Kier alpha value is -1.94. The van der Waals surface area contributed by atoms with Crippen LogP contribution in [0.1, 0.15) is 10.4 Å². The highest BCUT2D eigenvalue weighted by Crippen LogP contribution is 2.28. The fourth-order valence-electron chi connectivity index (χ4n) is 1.60. The second kappa shape index (κ2) is 5.14. The molecular weight excluding hydrogens is 257 g/mol. The van der Waals surface area contributed by atoms with Gasteiger partial charge in [0.15, 0.2) is 0 Å². The van der Waals surface area contributed by atoms with Crippen LogP contribution < -0.4 is 0 Å². The number of benzene rings is 1. The Balaban J connectivity index is 2.64. The predicted molar refractivity (Wildman–Crippen MR) is 66.0 cm³/mol. The maximum Gasteiger partial charge on any atom is 0.338 e. The Morgan fingerprint density at radius 2 is 2.11 bits per heavy atom. The number of pyridine rings is 1. The van der Waals surface area contributed by atoms with E-state index < -0.39 is 11.8 Å². The number of methoxy groups -OCH3 is 1. The maximum absolute atomic E-state index is 13.8. The van der Waals surface area contributed by atoms with Crippen LogP contribution in [0.5, 0.6) is 0 Å². The summed E-state index contributed by atoms with van der Waals surface area (Å²) in [6.07, 6.45) is 2.85. The van der Waals surface area contributed by atoms with Gasteiger partial charge in [-0.25, -0.2) is 9.18 Å². The fraction of sp³-hybridized carbons (Fsp3) is 0.0769. The molecule has 3 nitrogen and oxygen atoms in total. The van der Waals surface area contributed by atoms with E-state index in [0.717, 1.165) is 0 Å². The molecule has 0 unspecified atom stereocenters. The fourth-order valence-corrected chi connectivity index (χ4v) is 1.77. The van der Waals surface area contributed by atoms with Gasteiger partial charge in [-0.05, 0) is 24.3 Å². The molecule has 0 atom stereocenters. The van der Waals surface area contributed by atoms with Crippen molar-refractivity contribution in [1.29, 1.82) is 0 Å². The standard InChI is InChI=1S/C13H9ClFNO2/c1-18-13(17)9-4-5-16-7-11(9)10-6-8(14)2-3-12(10)15/h2-7H,1H3. The molecule has 5 heteroatoms. The lowest BCUT2D eigenvalue weighted by Gasteiger charge is -2.08. The first-order valence-electron chi connectivity index (χ1n) is 5.11. The monoisotopic (exact) mass is 265 g/mol. The highest BCUT2D eigenvalue weighted by Gasteiger charge is 2.16. The minimum absolute atomic E-state index is 0.219. The number of nitrogens with zero attached hydrogens (tertiary/aromatic N) is 1. The van der Waals surface area contributed by atoms with E-state index >= 15 is 0 Å². The summed E-state index contributed by atoms with van der Waals surface area (Å²) in [5, 5.41) is 0.381. The molecule has 2 aromatic rings. The quantitative estimate of drug-likeness (QED) is 0.782. The van der Waals surface area contributed by atoms with E-state index in [4.69, 9.17) is 11.6 Å². The number of carbonyl (C=O) groups excluding carboxylic acids is 1. The van der Waals surface area contributed by atoms with E-state index in [1.54, 1.807) is 0 Å². The number of esters is 1. The van der Waals surface area contributed by atoms with Crippen molar-refractivity contribution in [2.24, 2.45) is 0 Å². The smallest absolute Gasteiger partial charge is 0.338 e. The topological polar surface area (TPSA) is 39.2 Å². The molecule has 0 aliphatic heterocycles. The van der Waals surface area contributed by atoms with Gasteiger partial charge in [-0.1, -0.05) is 11.6 Å². The van der Waals surface area contributed by atoms with Gasteiger partial charge in [0.2, 0.25) is 0 Å². The molecule has 0 fully saturated rings. The Kier molecular flexibility index (Phi) is 3.58. The summed E-state index contributed by atoms with van der Waals surface area (Å²) in [5.41, 5.74) is 0.814. The second-order valence-electron chi connectivity index (χ2n) is 3.54. The van der Waals surface area contributed by atoms with Crippen LogP contribution in [0.4, 0.5) is 4.39 Å². The van der Waals surface area contributed by atoms with Gasteiger partial charge in [0.1, 0.15) is 5.82 Å². The molecule has 0 N–H and O–H groups in total. The van der Waals surface area contributed by atoms with Crippen molar-refractivity contribution < 1.29 is 13.9 Å². The molecule has 0 saturated carbocycles. The normalized spacial score (nSPS) is 10.2. The SMILES string of the molecule is COC(=O)c1ccncc1-c1cc(Cl)ccc1F. The summed E-state index contributed by atoms with van der Waals surface area (Å²) in [4.78, 5) is 15.5. The summed E-state index contributed by atoms with van der Waals surface area (Å²) in [6.45, 7) is 0. The van der Waals surface area contributed by atoms with Crippen LogP contribution in [-0.2, 0) is 4.74 Å². The van der Waals surface area contributed by atoms with Crippen LogP contribution in [0, 0.1) is 5.82 Å². The molecular formula is C13H9ClFNO2. The average Bonchev–Trinajstić information content (AvgIpc) is 2.40. The summed E-state index contributed by atoms with van der Waals surface area (Å²) < 4.78 is 18.4. The van der Waals surface area contributed by atoms with Crippen molar-refractivity contribution in [3.8, 4) is 11.1 Å². The second-order valence-corrected chi connectivity index (χ2v) is 3.97. The summed E-state index contributed by atoms with van der Waals surface area (Å²) in [5.74, 6) is -1.02. The molecule has 0 amide bonds. The molecule has 0 radical (unpaired) electrons. The third kappa shape index (κ3) is 2.33. The van der Waals surface area contributed by atoms with E-state index in [0.29, 0.717) is 10.6 Å². The number of ether oxygens (including phenoxy) is 1. The number of halogens is 2. The Morgan fingerprint density at radius 1 is 1.33 bits per heavy atom. The lowest BCUT2D eigenvalue weighted by Crippen LogP contribution is -2.04. The van der Waals surface area contributed by atoms with Crippen LogP contribution in [0.15, 0.2) is 36.7 Å². The van der Waals surface area contributed by atoms with Crippen LogP contribution >= 0.6 is 11.6 Å². The zero-order valence-corrected chi connectivity index (χ0v) is 10.2. The van der Waals surface area contributed by atoms with E-state index in [1.807, 2.05) is 0 Å². The number of aromatic nitrogens is 1. The van der Waals surface area contributed by atoms with Gasteiger partial charge in [-0.3, -0.25) is 4.98 Å². The van der Waals surface area contributed by atoms with E-state index in [9.17, 15) is 9.18 Å². The summed E-state index contributed by atoms with van der Waals surface area (Å²) in [6, 6.07) is 5.60. The highest BCUT2D eigenvalue weighted by molar-refractivity contribution is 6.30. The molecule has 0 saturated heterocycles. The number of hydrogen-bond donors (Lipinski definition) is 0. The zero-order chi connectivity index (χ0) is 13.1. The van der Waals surface area contributed by atoms with Gasteiger partial charge in [-0.2, -0.15) is 0 Å². The Morgan fingerprint density at radius 3 is 2.83 bits per heavy atom. The van der Waals surface area contributed by atoms with Crippen molar-refractivity contribution in [2.45, 2.75) is 0 Å². The van der Waals surface area contributed by atoms with Crippen molar-refractivity contribution in [3.05, 3.63) is 53.1 Å². The van der Waals surface area contributed by atoms with Gasteiger partial charge >= 0.3 is 5.97 Å². The van der Waals surface area contributed by atoms with Crippen molar-refractivity contribution in [3.63, 3.8) is 0 Å². The van der Waals surface area contributed by atoms with E-state index in [1.165, 1.54) is 43.8 Å². The van der Waals surface area contributed by atoms with Crippen LogP contribution in [-0.4, -0.2) is 18.1 Å². The molecule has 1 heterocycles. The Bertz CT molecular complexity index is 601. The minimum atomic E-state index is -0.549. The van der Waals surface area contributed by atoms with Crippen LogP contribution in [0.2, 0.25) is 5.02 Å². The first-order chi connectivity index (χ1) is 8.63. The minimum Gasteiger partial charge on any atom is -0.465 e. The average molecular weight is 266 g/mol. The highest BCUT2D eigenvalue weighted by atomic mass is 35.5. The predicted octanol–water partition coefficient (Wildman–Crippen LogP) is 3.33. The summed E-state index contributed by atoms with van der Waals surface area (Å²) >= 11 is 5.83. The molecule has 18 heavy (non-hydrogen) atoms. The first-order valence-corrected chi connectivity index (χ1v) is 5.49. The maximum atomic E-state index is 13.8. The van der Waals surface area contributed by atoms with Gasteiger partial charge < -0.3 is 4.74 Å². The van der Waals surface area contributed by atoms with Crippen LogP contribution in [0.25, 0.3) is 11.1 Å². The van der Waals surface area contributed by atoms with Crippen molar-refractivity contribution in [1.82, 2.24) is 4.98 Å². The molecule has 2 rings (SSSR count). The van der Waals surface area contributed by atoms with Gasteiger partial charge in [0, 0.05) is 28.5 Å². The third-order valence-corrected chi connectivity index (χ3v) is 2.68. The van der Waals surface area contributed by atoms with Crippen LogP contribution in [0.3, 0.4) is 0 Å².